The van der Waals surface area contributed by atoms with Crippen molar-refractivity contribution < 1.29 is 41.5 Å². The number of carbonyl (C=O) groups excluding carboxylic acids is 4. The number of alkyl halides is 3. The third kappa shape index (κ3) is 9.18. The Morgan fingerprint density at radius 3 is 2.40 bits per heavy atom. The zero-order chi connectivity index (χ0) is 43.7. The maximum absolute atomic E-state index is 16.4. The zero-order valence-electron chi connectivity index (χ0n) is 33.9. The van der Waals surface area contributed by atoms with Gasteiger partial charge in [-0.25, -0.2) is 4.39 Å². The summed E-state index contributed by atoms with van der Waals surface area (Å²) in [5, 5.41) is 17.6. The summed E-state index contributed by atoms with van der Waals surface area (Å²) in [7, 11) is 0. The molecule has 60 heavy (non-hydrogen) atoms. The number of ether oxygens (including phenoxy) is 1. The van der Waals surface area contributed by atoms with Crippen molar-refractivity contribution in [1.82, 2.24) is 15.1 Å². The van der Waals surface area contributed by atoms with Crippen LogP contribution in [0.2, 0.25) is 0 Å². The van der Waals surface area contributed by atoms with Crippen LogP contribution in [-0.2, 0) is 31.8 Å². The molecule has 320 valence electrons. The lowest BCUT2D eigenvalue weighted by Gasteiger charge is -2.44. The van der Waals surface area contributed by atoms with E-state index in [1.807, 2.05) is 13.8 Å². The number of halogens is 4. The van der Waals surface area contributed by atoms with E-state index >= 15 is 4.39 Å². The molecule has 4 amide bonds. The monoisotopic (exact) mass is 852 g/mol. The van der Waals surface area contributed by atoms with Crippen LogP contribution in [0.5, 0.6) is 5.75 Å². The largest absolute Gasteiger partial charge is 0.492 e. The summed E-state index contributed by atoms with van der Waals surface area (Å²) < 4.78 is 64.0. The quantitative estimate of drug-likeness (QED) is 0.101. The van der Waals surface area contributed by atoms with Crippen LogP contribution in [0.25, 0.3) is 0 Å². The van der Waals surface area contributed by atoms with E-state index in [2.05, 4.69) is 38.4 Å². The third-order valence-electron chi connectivity index (χ3n) is 11.2. The van der Waals surface area contributed by atoms with Crippen molar-refractivity contribution >= 4 is 59.0 Å². The number of piperazine rings is 1. The Bertz CT molecular complexity index is 2190. The molecule has 3 aromatic carbocycles. The van der Waals surface area contributed by atoms with Gasteiger partial charge in [0, 0.05) is 60.8 Å². The molecule has 0 bridgehead atoms. The minimum absolute atomic E-state index is 0.0209. The molecule has 0 aliphatic carbocycles. The van der Waals surface area contributed by atoms with E-state index in [1.54, 1.807) is 51.1 Å². The molecule has 2 unspecified atom stereocenters. The second kappa shape index (κ2) is 17.7. The Balaban J connectivity index is 1.05. The molecule has 3 aliphatic rings. The fraction of sp³-hybridized carbons (Fsp3) is 0.452. The number of hydrogen-bond acceptors (Lipinski definition) is 11. The number of nitriles is 1. The van der Waals surface area contributed by atoms with Gasteiger partial charge in [-0.05, 0) is 89.1 Å². The maximum atomic E-state index is 16.4. The molecule has 3 heterocycles. The summed E-state index contributed by atoms with van der Waals surface area (Å²) in [6.45, 7) is 11.2. The van der Waals surface area contributed by atoms with Crippen LogP contribution in [-0.4, -0.2) is 95.4 Å². The number of hydrogen-bond donors (Lipinski definition) is 4. The number of amides is 4. The smallest absolute Gasteiger partial charge is 0.417 e. The average molecular weight is 853 g/mol. The highest BCUT2D eigenvalue weighted by atomic mass is 32.1. The van der Waals surface area contributed by atoms with Gasteiger partial charge in [-0.15, -0.1) is 12.6 Å². The zero-order valence-corrected chi connectivity index (χ0v) is 34.8. The molecular weight excluding hydrogens is 805 g/mol. The van der Waals surface area contributed by atoms with Crippen molar-refractivity contribution in [1.29, 1.82) is 5.26 Å². The van der Waals surface area contributed by atoms with Gasteiger partial charge >= 0.3 is 6.18 Å². The number of rotatable bonds is 12. The van der Waals surface area contributed by atoms with E-state index in [-0.39, 0.29) is 72.7 Å². The van der Waals surface area contributed by atoms with E-state index < -0.39 is 46.1 Å². The van der Waals surface area contributed by atoms with E-state index in [0.717, 1.165) is 17.0 Å². The van der Waals surface area contributed by atoms with Gasteiger partial charge in [0.1, 0.15) is 23.9 Å². The second-order valence-electron chi connectivity index (χ2n) is 15.8. The topological polar surface area (TPSA) is 150 Å². The fourth-order valence-corrected chi connectivity index (χ4v) is 8.82. The molecule has 3 fully saturated rings. The van der Waals surface area contributed by atoms with Gasteiger partial charge in [-0.2, -0.15) is 18.4 Å². The summed E-state index contributed by atoms with van der Waals surface area (Å²) in [6, 6.07) is 14.2. The summed E-state index contributed by atoms with van der Waals surface area (Å²) >= 11 is 4.61. The van der Waals surface area contributed by atoms with Crippen LogP contribution >= 0.6 is 12.6 Å². The Labute approximate surface area is 351 Å². The van der Waals surface area contributed by atoms with Gasteiger partial charge in [0.15, 0.2) is 11.3 Å². The molecule has 13 nitrogen and oxygen atoms in total. The lowest BCUT2D eigenvalue weighted by Crippen LogP contribution is -2.58. The molecule has 3 aromatic rings. The molecule has 6 rings (SSSR count). The molecule has 3 aliphatic heterocycles. The van der Waals surface area contributed by atoms with Crippen molar-refractivity contribution in [3.05, 3.63) is 77.1 Å². The number of imide groups is 1. The first-order valence-electron chi connectivity index (χ1n) is 19.7. The van der Waals surface area contributed by atoms with Crippen LogP contribution in [0.4, 0.5) is 40.3 Å². The summed E-state index contributed by atoms with van der Waals surface area (Å²) in [6.07, 6.45) is -3.97. The first kappa shape index (κ1) is 44.2. The van der Waals surface area contributed by atoms with Crippen LogP contribution in [0.1, 0.15) is 64.2 Å². The van der Waals surface area contributed by atoms with E-state index in [4.69, 9.17) is 4.74 Å². The lowest BCUT2D eigenvalue weighted by atomic mass is 10.0. The number of thiol groups is 1. The van der Waals surface area contributed by atoms with Crippen molar-refractivity contribution in [3.63, 3.8) is 0 Å². The van der Waals surface area contributed by atoms with Gasteiger partial charge in [-0.1, -0.05) is 13.0 Å². The summed E-state index contributed by atoms with van der Waals surface area (Å²) in [5.74, 6) is -1.79. The molecule has 0 radical (unpaired) electrons. The molecule has 18 heteroatoms. The first-order valence-corrected chi connectivity index (χ1v) is 20.2. The summed E-state index contributed by atoms with van der Waals surface area (Å²) in [5.41, 5.74) is -2.99. The molecular formula is C42H48F4N8O5S. The Morgan fingerprint density at radius 1 is 1.05 bits per heavy atom. The first-order chi connectivity index (χ1) is 28.3. The van der Waals surface area contributed by atoms with Crippen LogP contribution in [0, 0.1) is 17.1 Å². The highest BCUT2D eigenvalue weighted by Gasteiger charge is 2.52. The van der Waals surface area contributed by atoms with Gasteiger partial charge in [0.25, 0.3) is 5.91 Å². The Hall–Kier alpha value is -5.38. The van der Waals surface area contributed by atoms with Crippen molar-refractivity contribution in [2.24, 2.45) is 0 Å². The minimum atomic E-state index is -4.84. The van der Waals surface area contributed by atoms with Crippen LogP contribution in [0.15, 0.2) is 54.6 Å². The van der Waals surface area contributed by atoms with Crippen molar-refractivity contribution in [2.75, 3.05) is 53.2 Å². The SMILES string of the molecule is CCc1c(OCCN2C[C@@H](C)N(CC(=O)Nc3cccc(NC4CCC(=O)NC4=O)c3)[C@@H](C)C2)ccc(N2C(S)N(c3ccc(C#N)c(C(F)(F)F)c3)C(=O)C2(C)C)c1F. The molecule has 0 aromatic heterocycles. The number of carbonyl (C=O) groups is 4. The van der Waals surface area contributed by atoms with Gasteiger partial charge in [0.05, 0.1) is 29.4 Å². The molecule has 3 saturated heterocycles. The highest BCUT2D eigenvalue weighted by molar-refractivity contribution is 7.81. The number of benzene rings is 3. The lowest BCUT2D eigenvalue weighted by molar-refractivity contribution is -0.138. The predicted octanol–water partition coefficient (Wildman–Crippen LogP) is 5.75. The average Bonchev–Trinajstić information content (AvgIpc) is 3.35. The number of nitrogens with one attached hydrogen (secondary N) is 3. The normalized spacial score (nSPS) is 22.4. The molecule has 3 N–H and O–H groups in total. The molecule has 4 atom stereocenters. The number of anilines is 4. The molecule has 0 saturated carbocycles. The van der Waals surface area contributed by atoms with E-state index in [1.165, 1.54) is 23.1 Å². The minimum Gasteiger partial charge on any atom is -0.492 e. The number of piperidine rings is 1. The van der Waals surface area contributed by atoms with Crippen LogP contribution in [0.3, 0.4) is 0 Å². The standard InChI is InChI=1S/C42H48F4N8O5S/c1-6-30-34(14-13-33(37(30)43)54-40(60)53(39(58)41(54,4)5)29-11-10-26(20-47)31(19-29)42(44,45)46)59-17-16-51-21-24(2)52(25(3)22-51)23-36(56)49-28-9-7-8-27(18-28)48-32-12-15-35(55)50-38(32)57/h7-11,13-14,18-19,24-25,32,40,48,60H,6,12,15-17,21-23H2,1-5H3,(H,49,56)(H,50,55,57)/t24-,25+,32?,40?. The van der Waals surface area contributed by atoms with Crippen molar-refractivity contribution in [3.8, 4) is 11.8 Å². The van der Waals surface area contributed by atoms with E-state index in [0.29, 0.717) is 43.2 Å². The van der Waals surface area contributed by atoms with Gasteiger partial charge < -0.3 is 20.3 Å². The van der Waals surface area contributed by atoms with Crippen LogP contribution < -0.4 is 30.5 Å². The predicted molar refractivity (Wildman–Crippen MR) is 221 cm³/mol. The van der Waals surface area contributed by atoms with Gasteiger partial charge in [0.2, 0.25) is 17.7 Å². The Morgan fingerprint density at radius 2 is 1.75 bits per heavy atom. The fourth-order valence-electron chi connectivity index (χ4n) is 8.17. The number of nitrogens with zero attached hydrogens (tertiary/aromatic N) is 5. The van der Waals surface area contributed by atoms with E-state index in [9.17, 15) is 37.6 Å². The van der Waals surface area contributed by atoms with Crippen molar-refractivity contribution in [2.45, 2.75) is 89.2 Å². The third-order valence-corrected chi connectivity index (χ3v) is 11.7. The highest BCUT2D eigenvalue weighted by Crippen LogP contribution is 2.44. The van der Waals surface area contributed by atoms with Gasteiger partial charge in [-0.3, -0.25) is 39.2 Å². The molecule has 0 spiro atoms. The summed E-state index contributed by atoms with van der Waals surface area (Å²) in [4.78, 5) is 57.4. The maximum Gasteiger partial charge on any atom is 0.417 e. The second-order valence-corrected chi connectivity index (χ2v) is 16.2. The Kier molecular flexibility index (Phi) is 13.0.